The van der Waals surface area contributed by atoms with Crippen molar-refractivity contribution >= 4 is 43.0 Å². The van der Waals surface area contributed by atoms with E-state index >= 15 is 0 Å². The maximum absolute atomic E-state index is 13.0. The zero-order valence-electron chi connectivity index (χ0n) is 16.7. The maximum Gasteiger partial charge on any atom is 0.277 e. The third-order valence-corrected chi connectivity index (χ3v) is 9.82. The Balaban J connectivity index is 1.40. The molecule has 0 radical (unpaired) electrons. The minimum Gasteiger partial charge on any atom is -0.416 e. The van der Waals surface area contributed by atoms with Gasteiger partial charge in [0, 0.05) is 12.1 Å². The number of amides is 1. The van der Waals surface area contributed by atoms with E-state index < -0.39 is 25.7 Å². The molecule has 2 aromatic rings. The van der Waals surface area contributed by atoms with Gasteiger partial charge in [0.25, 0.3) is 5.22 Å². The Labute approximate surface area is 185 Å². The van der Waals surface area contributed by atoms with Crippen LogP contribution in [0.15, 0.2) is 40.0 Å². The zero-order valence-corrected chi connectivity index (χ0v) is 19.2. The van der Waals surface area contributed by atoms with Gasteiger partial charge in [-0.25, -0.2) is 16.8 Å². The summed E-state index contributed by atoms with van der Waals surface area (Å²) in [5.74, 6) is 0.464. The van der Waals surface area contributed by atoms with Gasteiger partial charge in [0.05, 0.1) is 34.8 Å². The van der Waals surface area contributed by atoms with E-state index in [1.807, 2.05) is 6.07 Å². The molecule has 0 aliphatic carbocycles. The zero-order chi connectivity index (χ0) is 22.1. The molecule has 2 atom stereocenters. The van der Waals surface area contributed by atoms with Gasteiger partial charge in [0.15, 0.2) is 19.7 Å². The molecule has 2 fully saturated rings. The number of carbonyl (C=O) groups excluding carboxylic acids is 1. The van der Waals surface area contributed by atoms with Crippen LogP contribution >= 0.6 is 11.8 Å². The number of nitrogens with zero attached hydrogens (tertiary/aromatic N) is 3. The summed E-state index contributed by atoms with van der Waals surface area (Å²) in [7, 11) is -6.12. The first kappa shape index (κ1) is 22.3. The number of aromatic nitrogens is 2. The molecule has 12 heteroatoms. The SMILES string of the molecule is O=C(CSc1nnc(C[C@H]2CCS(=O)(=O)C2)o1)N(c1ccccc1)[C@@H]1CCS(=O)(=O)C1. The molecule has 0 spiro atoms. The predicted octanol–water partition coefficient (Wildman–Crippen LogP) is 1.36. The summed E-state index contributed by atoms with van der Waals surface area (Å²) >= 11 is 1.09. The van der Waals surface area contributed by atoms with Crippen LogP contribution in [0, 0.1) is 5.92 Å². The standard InChI is InChI=1S/C19H23N3O6S3/c23-18(22(15-4-2-1-3-5-15)16-7-9-31(26,27)13-16)11-29-19-21-20-17(28-19)10-14-6-8-30(24,25)12-14/h1-5,14,16H,6-13H2/t14-,16-/m1/s1. The van der Waals surface area contributed by atoms with E-state index in [0.717, 1.165) is 11.8 Å². The fraction of sp³-hybridized carbons (Fsp3) is 0.526. The Kier molecular flexibility index (Phi) is 6.40. The number of rotatable bonds is 7. The van der Waals surface area contributed by atoms with Crippen LogP contribution < -0.4 is 4.90 Å². The fourth-order valence-electron chi connectivity index (χ4n) is 3.98. The van der Waals surface area contributed by atoms with E-state index in [1.54, 1.807) is 29.2 Å². The number of hydrogen-bond acceptors (Lipinski definition) is 9. The van der Waals surface area contributed by atoms with Crippen molar-refractivity contribution in [3.63, 3.8) is 0 Å². The van der Waals surface area contributed by atoms with Crippen molar-refractivity contribution in [3.05, 3.63) is 36.2 Å². The lowest BCUT2D eigenvalue weighted by Gasteiger charge is -2.28. The third kappa shape index (κ3) is 5.66. The molecule has 31 heavy (non-hydrogen) atoms. The Morgan fingerprint density at radius 2 is 1.74 bits per heavy atom. The highest BCUT2D eigenvalue weighted by Crippen LogP contribution is 2.27. The van der Waals surface area contributed by atoms with Crippen molar-refractivity contribution in [1.82, 2.24) is 10.2 Å². The lowest BCUT2D eigenvalue weighted by molar-refractivity contribution is -0.116. The van der Waals surface area contributed by atoms with Crippen molar-refractivity contribution in [1.29, 1.82) is 0 Å². The van der Waals surface area contributed by atoms with Crippen LogP contribution in [0.1, 0.15) is 18.7 Å². The first-order chi connectivity index (χ1) is 14.7. The summed E-state index contributed by atoms with van der Waals surface area (Å²) in [6.07, 6.45) is 1.39. The summed E-state index contributed by atoms with van der Waals surface area (Å²) in [5.41, 5.74) is 0.656. The minimum atomic E-state index is -3.15. The van der Waals surface area contributed by atoms with Crippen LogP contribution in [0.25, 0.3) is 0 Å². The molecule has 2 aliphatic heterocycles. The summed E-state index contributed by atoms with van der Waals surface area (Å²) in [5, 5.41) is 8.15. The molecule has 9 nitrogen and oxygen atoms in total. The van der Waals surface area contributed by atoms with Crippen molar-refractivity contribution in [3.8, 4) is 0 Å². The number of carbonyl (C=O) groups is 1. The number of sulfone groups is 2. The number of anilines is 1. The van der Waals surface area contributed by atoms with Gasteiger partial charge < -0.3 is 9.32 Å². The summed E-state index contributed by atoms with van der Waals surface area (Å²) in [6, 6.07) is 8.62. The smallest absolute Gasteiger partial charge is 0.277 e. The second-order valence-electron chi connectivity index (χ2n) is 7.88. The van der Waals surface area contributed by atoms with Gasteiger partial charge in [-0.05, 0) is 30.9 Å². The van der Waals surface area contributed by atoms with Gasteiger partial charge in [-0.1, -0.05) is 30.0 Å². The first-order valence-corrected chi connectivity index (χ1v) is 14.6. The summed E-state index contributed by atoms with van der Waals surface area (Å²) in [4.78, 5) is 14.6. The molecule has 2 aliphatic rings. The first-order valence-electron chi connectivity index (χ1n) is 9.94. The highest BCUT2D eigenvalue weighted by Gasteiger charge is 2.35. The highest BCUT2D eigenvalue weighted by atomic mass is 32.2. The molecule has 1 aromatic carbocycles. The monoisotopic (exact) mass is 485 g/mol. The van der Waals surface area contributed by atoms with Crippen molar-refractivity contribution in [2.24, 2.45) is 5.92 Å². The van der Waals surface area contributed by atoms with Crippen LogP contribution in [0.4, 0.5) is 5.69 Å². The van der Waals surface area contributed by atoms with E-state index in [4.69, 9.17) is 4.42 Å². The normalized spacial score (nSPS) is 24.3. The second-order valence-corrected chi connectivity index (χ2v) is 13.3. The van der Waals surface area contributed by atoms with Crippen molar-refractivity contribution < 1.29 is 26.0 Å². The van der Waals surface area contributed by atoms with E-state index in [1.165, 1.54) is 0 Å². The molecule has 1 aromatic heterocycles. The van der Waals surface area contributed by atoms with Gasteiger partial charge >= 0.3 is 0 Å². The molecular weight excluding hydrogens is 462 g/mol. The predicted molar refractivity (Wildman–Crippen MR) is 116 cm³/mol. The van der Waals surface area contributed by atoms with Crippen LogP contribution in [0.3, 0.4) is 0 Å². The molecule has 0 unspecified atom stereocenters. The lowest BCUT2D eigenvalue weighted by atomic mass is 10.1. The maximum atomic E-state index is 13.0. The van der Waals surface area contributed by atoms with Gasteiger partial charge in [-0.15, -0.1) is 10.2 Å². The quantitative estimate of drug-likeness (QED) is 0.534. The van der Waals surface area contributed by atoms with Crippen LogP contribution in [0.5, 0.6) is 0 Å². The Morgan fingerprint density at radius 1 is 1.03 bits per heavy atom. The van der Waals surface area contributed by atoms with Crippen molar-refractivity contribution in [2.75, 3.05) is 33.7 Å². The largest absolute Gasteiger partial charge is 0.416 e. The second kappa shape index (κ2) is 8.91. The number of para-hydroxylation sites is 1. The van der Waals surface area contributed by atoms with Crippen LogP contribution in [-0.4, -0.2) is 67.7 Å². The molecule has 3 heterocycles. The molecule has 2 saturated heterocycles. The van der Waals surface area contributed by atoms with E-state index in [2.05, 4.69) is 10.2 Å². The molecule has 0 saturated carbocycles. The van der Waals surface area contributed by atoms with Gasteiger partial charge in [-0.3, -0.25) is 4.79 Å². The van der Waals surface area contributed by atoms with Crippen molar-refractivity contribution in [2.45, 2.75) is 30.5 Å². The Morgan fingerprint density at radius 3 is 2.39 bits per heavy atom. The third-order valence-electron chi connectivity index (χ3n) is 5.43. The molecule has 0 bridgehead atoms. The lowest BCUT2D eigenvalue weighted by Crippen LogP contribution is -2.42. The summed E-state index contributed by atoms with van der Waals surface area (Å²) < 4.78 is 52.7. The average molecular weight is 486 g/mol. The Hall–Kier alpha value is -1.92. The van der Waals surface area contributed by atoms with Crippen LogP contribution in [-0.2, 0) is 30.9 Å². The van der Waals surface area contributed by atoms with Gasteiger partial charge in [0.1, 0.15) is 0 Å². The molecule has 1 amide bonds. The average Bonchev–Trinajstić information content (AvgIpc) is 3.40. The molecular formula is C19H23N3O6S3. The molecule has 4 rings (SSSR count). The Bertz CT molecular complexity index is 1150. The van der Waals surface area contributed by atoms with E-state index in [0.29, 0.717) is 30.8 Å². The van der Waals surface area contributed by atoms with E-state index in [9.17, 15) is 21.6 Å². The molecule has 0 N–H and O–H groups in total. The van der Waals surface area contributed by atoms with Crippen LogP contribution in [0.2, 0.25) is 0 Å². The minimum absolute atomic E-state index is 0.0187. The highest BCUT2D eigenvalue weighted by molar-refractivity contribution is 7.99. The number of hydrogen-bond donors (Lipinski definition) is 0. The summed E-state index contributed by atoms with van der Waals surface area (Å²) in [6.45, 7) is 0. The van der Waals surface area contributed by atoms with Gasteiger partial charge in [0.2, 0.25) is 11.8 Å². The number of thioether (sulfide) groups is 1. The topological polar surface area (TPSA) is 128 Å². The fourth-order valence-corrected chi connectivity index (χ4v) is 8.18. The van der Waals surface area contributed by atoms with E-state index in [-0.39, 0.29) is 45.8 Å². The molecule has 168 valence electrons. The number of benzene rings is 1. The van der Waals surface area contributed by atoms with Gasteiger partial charge in [-0.2, -0.15) is 0 Å².